The zero-order valence-corrected chi connectivity index (χ0v) is 13.6. The molecule has 3 unspecified atom stereocenters. The Morgan fingerprint density at radius 2 is 1.95 bits per heavy atom. The highest BCUT2D eigenvalue weighted by atomic mass is 32.2. The van der Waals surface area contributed by atoms with Gasteiger partial charge in [0, 0.05) is 11.8 Å². The summed E-state index contributed by atoms with van der Waals surface area (Å²) < 4.78 is 23.1. The van der Waals surface area contributed by atoms with Crippen LogP contribution in [0.1, 0.15) is 59.3 Å². The summed E-state index contributed by atoms with van der Waals surface area (Å²) in [5, 5.41) is 3.65. The van der Waals surface area contributed by atoms with Gasteiger partial charge in [-0.1, -0.05) is 20.8 Å². The molecule has 3 atom stereocenters. The van der Waals surface area contributed by atoms with E-state index in [2.05, 4.69) is 19.2 Å². The van der Waals surface area contributed by atoms with Gasteiger partial charge in [0.2, 0.25) is 0 Å². The highest BCUT2D eigenvalue weighted by Gasteiger charge is 2.27. The first kappa shape index (κ1) is 17.0. The Hall–Kier alpha value is -0.0900. The number of hydrogen-bond donors (Lipinski definition) is 1. The Morgan fingerprint density at radius 1 is 1.21 bits per heavy atom. The van der Waals surface area contributed by atoms with E-state index in [0.29, 0.717) is 17.7 Å². The van der Waals surface area contributed by atoms with Crippen LogP contribution in [0.3, 0.4) is 0 Å². The van der Waals surface area contributed by atoms with E-state index in [1.807, 2.05) is 0 Å². The molecule has 4 heteroatoms. The van der Waals surface area contributed by atoms with Crippen LogP contribution < -0.4 is 5.32 Å². The maximum absolute atomic E-state index is 11.5. The van der Waals surface area contributed by atoms with Gasteiger partial charge in [-0.2, -0.15) is 0 Å². The Morgan fingerprint density at radius 3 is 2.58 bits per heavy atom. The van der Waals surface area contributed by atoms with Crippen molar-refractivity contribution in [2.45, 2.75) is 65.3 Å². The third-order valence-corrected chi connectivity index (χ3v) is 6.16. The van der Waals surface area contributed by atoms with Gasteiger partial charge in [0.1, 0.15) is 9.84 Å². The minimum Gasteiger partial charge on any atom is -0.314 e. The summed E-state index contributed by atoms with van der Waals surface area (Å²) in [6.07, 6.45) is 6.89. The summed E-state index contributed by atoms with van der Waals surface area (Å²) in [5.41, 5.74) is 0. The van der Waals surface area contributed by atoms with Crippen molar-refractivity contribution in [3.63, 3.8) is 0 Å². The summed E-state index contributed by atoms with van der Waals surface area (Å²) in [6.45, 7) is 7.35. The molecule has 19 heavy (non-hydrogen) atoms. The van der Waals surface area contributed by atoms with Crippen LogP contribution in [0, 0.1) is 11.8 Å². The van der Waals surface area contributed by atoms with Crippen molar-refractivity contribution >= 4 is 9.84 Å². The van der Waals surface area contributed by atoms with Crippen LogP contribution in [0.25, 0.3) is 0 Å². The van der Waals surface area contributed by atoms with Gasteiger partial charge in [0.15, 0.2) is 0 Å². The van der Waals surface area contributed by atoms with E-state index >= 15 is 0 Å². The fourth-order valence-corrected chi connectivity index (χ4v) is 4.02. The molecular formula is C15H31NO2S. The number of hydrogen-bond acceptors (Lipinski definition) is 3. The minimum absolute atomic E-state index is 0.283. The smallest absolute Gasteiger partial charge is 0.150 e. The van der Waals surface area contributed by atoms with Gasteiger partial charge in [-0.15, -0.1) is 0 Å². The lowest BCUT2D eigenvalue weighted by Gasteiger charge is -2.35. The van der Waals surface area contributed by atoms with Crippen molar-refractivity contribution in [3.05, 3.63) is 0 Å². The first-order valence-electron chi connectivity index (χ1n) is 7.92. The molecular weight excluding hydrogens is 258 g/mol. The van der Waals surface area contributed by atoms with E-state index in [1.54, 1.807) is 6.92 Å². The summed E-state index contributed by atoms with van der Waals surface area (Å²) in [5.74, 6) is 2.12. The van der Waals surface area contributed by atoms with E-state index in [9.17, 15) is 8.42 Å². The number of sulfone groups is 1. The van der Waals surface area contributed by atoms with Crippen LogP contribution in [-0.4, -0.2) is 32.5 Å². The zero-order chi connectivity index (χ0) is 14.3. The molecule has 1 N–H and O–H groups in total. The molecule has 0 bridgehead atoms. The van der Waals surface area contributed by atoms with Gasteiger partial charge < -0.3 is 5.32 Å². The molecule has 1 fully saturated rings. The lowest BCUT2D eigenvalue weighted by atomic mass is 9.77. The maximum Gasteiger partial charge on any atom is 0.150 e. The van der Waals surface area contributed by atoms with Crippen LogP contribution in [-0.2, 0) is 9.84 Å². The molecule has 0 spiro atoms. The summed E-state index contributed by atoms with van der Waals surface area (Å²) in [6, 6.07) is 0.612. The molecule has 0 aromatic heterocycles. The van der Waals surface area contributed by atoms with Gasteiger partial charge in [0.25, 0.3) is 0 Å². The first-order valence-corrected chi connectivity index (χ1v) is 9.74. The lowest BCUT2D eigenvalue weighted by molar-refractivity contribution is 0.202. The van der Waals surface area contributed by atoms with Gasteiger partial charge in [-0.25, -0.2) is 8.42 Å². The van der Waals surface area contributed by atoms with Crippen LogP contribution in [0.5, 0.6) is 0 Å². The molecule has 0 saturated heterocycles. The van der Waals surface area contributed by atoms with Crippen LogP contribution in [0.2, 0.25) is 0 Å². The molecule has 3 nitrogen and oxygen atoms in total. The molecule has 1 aliphatic rings. The summed E-state index contributed by atoms with van der Waals surface area (Å²) in [7, 11) is -2.79. The van der Waals surface area contributed by atoms with Crippen molar-refractivity contribution in [3.8, 4) is 0 Å². The summed E-state index contributed by atoms with van der Waals surface area (Å²) in [4.78, 5) is 0. The van der Waals surface area contributed by atoms with Gasteiger partial charge in [-0.05, 0) is 56.9 Å². The van der Waals surface area contributed by atoms with E-state index in [1.165, 1.54) is 25.7 Å². The Balaban J connectivity index is 2.41. The fourth-order valence-electron chi connectivity index (χ4n) is 3.13. The molecule has 0 heterocycles. The summed E-state index contributed by atoms with van der Waals surface area (Å²) >= 11 is 0. The van der Waals surface area contributed by atoms with Gasteiger partial charge in [-0.3, -0.25) is 0 Å². The molecule has 114 valence electrons. The van der Waals surface area contributed by atoms with Crippen molar-refractivity contribution in [1.29, 1.82) is 0 Å². The zero-order valence-electron chi connectivity index (χ0n) is 12.8. The fraction of sp³-hybridized carbons (Fsp3) is 1.00. The molecule has 0 aromatic rings. The third-order valence-electron chi connectivity index (χ3n) is 4.37. The highest BCUT2D eigenvalue weighted by Crippen LogP contribution is 2.32. The SMILES string of the molecule is CCCNC1CCC(C)CC1CCCS(=O)(=O)CC. The molecule has 0 radical (unpaired) electrons. The van der Waals surface area contributed by atoms with E-state index in [4.69, 9.17) is 0 Å². The van der Waals surface area contributed by atoms with Crippen LogP contribution in [0.15, 0.2) is 0 Å². The van der Waals surface area contributed by atoms with E-state index in [0.717, 1.165) is 25.3 Å². The second-order valence-electron chi connectivity index (χ2n) is 6.12. The second kappa shape index (κ2) is 8.25. The quantitative estimate of drug-likeness (QED) is 0.747. The van der Waals surface area contributed by atoms with Crippen LogP contribution >= 0.6 is 0 Å². The predicted octanol–water partition coefficient (Wildman–Crippen LogP) is 3.01. The van der Waals surface area contributed by atoms with Gasteiger partial charge >= 0.3 is 0 Å². The molecule has 0 aromatic carbocycles. The van der Waals surface area contributed by atoms with E-state index < -0.39 is 9.84 Å². The Kier molecular flexibility index (Phi) is 7.37. The monoisotopic (exact) mass is 289 g/mol. The first-order chi connectivity index (χ1) is 8.98. The average Bonchev–Trinajstić information content (AvgIpc) is 2.38. The van der Waals surface area contributed by atoms with E-state index in [-0.39, 0.29) is 5.75 Å². The minimum atomic E-state index is -2.79. The molecule has 1 aliphatic carbocycles. The van der Waals surface area contributed by atoms with Crippen LogP contribution in [0.4, 0.5) is 0 Å². The normalized spacial score (nSPS) is 28.5. The average molecular weight is 289 g/mol. The standard InChI is InChI=1S/C15H31NO2S/c1-4-10-16-15-9-8-13(3)12-14(15)7-6-11-19(17,18)5-2/h13-16H,4-12H2,1-3H3. The number of rotatable bonds is 8. The van der Waals surface area contributed by atoms with Crippen molar-refractivity contribution in [1.82, 2.24) is 5.32 Å². The molecule has 1 saturated carbocycles. The maximum atomic E-state index is 11.5. The molecule has 0 amide bonds. The molecule has 1 rings (SSSR count). The van der Waals surface area contributed by atoms with Crippen molar-refractivity contribution < 1.29 is 8.42 Å². The third kappa shape index (κ3) is 6.26. The van der Waals surface area contributed by atoms with Crippen molar-refractivity contribution in [2.24, 2.45) is 11.8 Å². The Bertz CT molecular complexity index is 338. The largest absolute Gasteiger partial charge is 0.314 e. The highest BCUT2D eigenvalue weighted by molar-refractivity contribution is 7.91. The lowest BCUT2D eigenvalue weighted by Crippen LogP contribution is -2.40. The van der Waals surface area contributed by atoms with Gasteiger partial charge in [0.05, 0.1) is 5.75 Å². The second-order valence-corrected chi connectivity index (χ2v) is 8.59. The predicted molar refractivity (Wildman–Crippen MR) is 82.1 cm³/mol. The van der Waals surface area contributed by atoms with Crippen molar-refractivity contribution in [2.75, 3.05) is 18.1 Å². The Labute approximate surface area is 119 Å². The molecule has 0 aliphatic heterocycles. The topological polar surface area (TPSA) is 46.2 Å². The number of nitrogens with one attached hydrogen (secondary N) is 1.